The Morgan fingerprint density at radius 2 is 2.32 bits per heavy atom. The van der Waals surface area contributed by atoms with E-state index in [9.17, 15) is 14.7 Å². The van der Waals surface area contributed by atoms with Gasteiger partial charge in [0.05, 0.1) is 0 Å². The molecule has 0 saturated carbocycles. The number of aliphatic hydroxyl groups is 1. The lowest BCUT2D eigenvalue weighted by Gasteiger charge is -2.20. The smallest absolute Gasteiger partial charge is 0.330 e. The van der Waals surface area contributed by atoms with Crippen LogP contribution in [-0.4, -0.2) is 31.7 Å². The van der Waals surface area contributed by atoms with Gasteiger partial charge in [0.25, 0.3) is 5.56 Å². The monoisotopic (exact) mass is 394 g/mol. The van der Waals surface area contributed by atoms with Crippen LogP contribution in [0, 0.1) is 0 Å². The highest BCUT2D eigenvalue weighted by Crippen LogP contribution is 2.36. The van der Waals surface area contributed by atoms with Crippen molar-refractivity contribution in [1.29, 1.82) is 0 Å². The fourth-order valence-corrected chi connectivity index (χ4v) is 2.93. The minimum atomic E-state index is -0.882. The summed E-state index contributed by atoms with van der Waals surface area (Å²) in [6.45, 7) is 3.61. The Labute approximate surface area is 125 Å². The quantitative estimate of drug-likeness (QED) is 0.743. The standard InChI is InChI=1S/C11H12Br2N2O4/c1-5(12)9(17)10-6(13)4-8(19-10)15-3-2-7(16)14-11(15)18/h2-3,6,8-10,17H,1,4H2,(H,14,16,18)/t6?,8-,9?,10+/m1/s1. The van der Waals surface area contributed by atoms with Crippen LogP contribution in [0.1, 0.15) is 12.6 Å². The highest BCUT2D eigenvalue weighted by Gasteiger charge is 2.39. The zero-order valence-corrected chi connectivity index (χ0v) is 12.9. The molecule has 0 amide bonds. The summed E-state index contributed by atoms with van der Waals surface area (Å²) in [6, 6.07) is 1.25. The van der Waals surface area contributed by atoms with E-state index >= 15 is 0 Å². The molecule has 0 bridgehead atoms. The maximum absolute atomic E-state index is 11.7. The average Bonchev–Trinajstić information content (AvgIpc) is 2.69. The van der Waals surface area contributed by atoms with Gasteiger partial charge in [-0.3, -0.25) is 14.3 Å². The van der Waals surface area contributed by atoms with Crippen LogP contribution in [0.4, 0.5) is 0 Å². The molecule has 0 spiro atoms. The molecular formula is C11H12Br2N2O4. The second-order valence-electron chi connectivity index (χ2n) is 4.22. The SMILES string of the molecule is C=C(Br)C(O)[C@H]1O[C@@H](n2ccc(=O)[nH]c2=O)CC1Br. The van der Waals surface area contributed by atoms with Gasteiger partial charge in [-0.1, -0.05) is 38.4 Å². The number of aliphatic hydroxyl groups excluding tert-OH is 1. The molecule has 1 aliphatic heterocycles. The lowest BCUT2D eigenvalue weighted by molar-refractivity contribution is -0.0453. The van der Waals surface area contributed by atoms with Crippen LogP contribution in [0.15, 0.2) is 32.9 Å². The summed E-state index contributed by atoms with van der Waals surface area (Å²) in [4.78, 5) is 24.7. The number of alkyl halides is 1. The first-order valence-electron chi connectivity index (χ1n) is 5.53. The molecule has 1 fully saturated rings. The molecule has 1 saturated heterocycles. The van der Waals surface area contributed by atoms with Gasteiger partial charge in [0.15, 0.2) is 0 Å². The minimum Gasteiger partial charge on any atom is -0.385 e. The largest absolute Gasteiger partial charge is 0.385 e. The van der Waals surface area contributed by atoms with Crippen molar-refractivity contribution in [3.8, 4) is 0 Å². The Morgan fingerprint density at radius 3 is 2.89 bits per heavy atom. The lowest BCUT2D eigenvalue weighted by Crippen LogP contribution is -2.33. The molecule has 1 aromatic rings. The molecule has 2 rings (SSSR count). The minimum absolute atomic E-state index is 0.124. The molecule has 0 radical (unpaired) electrons. The van der Waals surface area contributed by atoms with Crippen LogP contribution in [0.5, 0.6) is 0 Å². The number of rotatable bonds is 3. The first-order valence-corrected chi connectivity index (χ1v) is 7.24. The number of aromatic nitrogens is 2. The number of nitrogens with zero attached hydrogens (tertiary/aromatic N) is 1. The molecule has 6 nitrogen and oxygen atoms in total. The van der Waals surface area contributed by atoms with Crippen molar-refractivity contribution < 1.29 is 9.84 Å². The van der Waals surface area contributed by atoms with Gasteiger partial charge in [-0.25, -0.2) is 4.79 Å². The Hall–Kier alpha value is -0.700. The maximum Gasteiger partial charge on any atom is 0.330 e. The fourth-order valence-electron chi connectivity index (χ4n) is 1.93. The van der Waals surface area contributed by atoms with Crippen molar-refractivity contribution in [2.75, 3.05) is 0 Å². The summed E-state index contributed by atoms with van der Waals surface area (Å²) in [5.41, 5.74) is -0.995. The zero-order valence-electron chi connectivity index (χ0n) is 9.75. The molecule has 8 heteroatoms. The molecule has 2 heterocycles. The Kier molecular flexibility index (Phi) is 4.44. The van der Waals surface area contributed by atoms with E-state index in [1.807, 2.05) is 0 Å². The van der Waals surface area contributed by atoms with Gasteiger partial charge in [-0.05, 0) is 0 Å². The van der Waals surface area contributed by atoms with Gasteiger partial charge in [0.2, 0.25) is 0 Å². The molecular weight excluding hydrogens is 384 g/mol. The van der Waals surface area contributed by atoms with E-state index < -0.39 is 29.7 Å². The summed E-state index contributed by atoms with van der Waals surface area (Å²) in [5.74, 6) is 0. The van der Waals surface area contributed by atoms with Crippen molar-refractivity contribution in [2.24, 2.45) is 0 Å². The van der Waals surface area contributed by atoms with Crippen LogP contribution in [0.3, 0.4) is 0 Å². The predicted molar refractivity (Wildman–Crippen MR) is 76.6 cm³/mol. The molecule has 2 unspecified atom stereocenters. The highest BCUT2D eigenvalue weighted by molar-refractivity contribution is 9.11. The number of ether oxygens (including phenoxy) is 1. The Balaban J connectivity index is 2.23. The summed E-state index contributed by atoms with van der Waals surface area (Å²) in [7, 11) is 0. The first-order chi connectivity index (χ1) is 8.90. The van der Waals surface area contributed by atoms with Gasteiger partial charge in [-0.15, -0.1) is 0 Å². The number of halogens is 2. The fraction of sp³-hybridized carbons (Fsp3) is 0.455. The molecule has 0 aliphatic carbocycles. The molecule has 1 aliphatic rings. The van der Waals surface area contributed by atoms with Crippen molar-refractivity contribution in [1.82, 2.24) is 9.55 Å². The molecule has 0 aromatic carbocycles. The van der Waals surface area contributed by atoms with Crippen LogP contribution in [-0.2, 0) is 4.74 Å². The van der Waals surface area contributed by atoms with E-state index in [1.165, 1.54) is 16.8 Å². The summed E-state index contributed by atoms with van der Waals surface area (Å²) < 4.78 is 7.36. The third-order valence-corrected chi connectivity index (χ3v) is 4.25. The Bertz CT molecular complexity index is 597. The van der Waals surface area contributed by atoms with Crippen molar-refractivity contribution in [2.45, 2.75) is 29.7 Å². The van der Waals surface area contributed by atoms with Crippen LogP contribution in [0.2, 0.25) is 0 Å². The van der Waals surface area contributed by atoms with E-state index in [0.29, 0.717) is 10.9 Å². The number of hydrogen-bond acceptors (Lipinski definition) is 4. The predicted octanol–water partition coefficient (Wildman–Crippen LogP) is 0.857. The summed E-state index contributed by atoms with van der Waals surface area (Å²) >= 11 is 6.53. The van der Waals surface area contributed by atoms with Gasteiger partial charge < -0.3 is 9.84 Å². The normalized spacial score (nSPS) is 28.3. The molecule has 2 N–H and O–H groups in total. The van der Waals surface area contributed by atoms with E-state index in [-0.39, 0.29) is 4.83 Å². The van der Waals surface area contributed by atoms with Crippen molar-refractivity contribution in [3.05, 3.63) is 44.2 Å². The first kappa shape index (κ1) is 14.7. The number of hydrogen-bond donors (Lipinski definition) is 2. The van der Waals surface area contributed by atoms with E-state index in [0.717, 1.165) is 0 Å². The van der Waals surface area contributed by atoms with Crippen LogP contribution >= 0.6 is 31.9 Å². The lowest BCUT2D eigenvalue weighted by atomic mass is 10.1. The zero-order chi connectivity index (χ0) is 14.2. The van der Waals surface area contributed by atoms with Crippen molar-refractivity contribution >= 4 is 31.9 Å². The Morgan fingerprint density at radius 1 is 1.63 bits per heavy atom. The van der Waals surface area contributed by atoms with Gasteiger partial charge in [-0.2, -0.15) is 0 Å². The second-order valence-corrected chi connectivity index (χ2v) is 6.41. The highest BCUT2D eigenvalue weighted by atomic mass is 79.9. The van der Waals surface area contributed by atoms with E-state index in [1.54, 1.807) is 0 Å². The van der Waals surface area contributed by atoms with Gasteiger partial charge in [0.1, 0.15) is 18.4 Å². The third kappa shape index (κ3) is 3.07. The summed E-state index contributed by atoms with van der Waals surface area (Å²) in [6.07, 6.45) is -0.0687. The second kappa shape index (κ2) is 5.74. The van der Waals surface area contributed by atoms with Gasteiger partial charge >= 0.3 is 5.69 Å². The van der Waals surface area contributed by atoms with E-state index in [4.69, 9.17) is 4.74 Å². The van der Waals surface area contributed by atoms with Crippen LogP contribution in [0.25, 0.3) is 0 Å². The number of nitrogens with one attached hydrogen (secondary N) is 1. The average molecular weight is 396 g/mol. The molecule has 19 heavy (non-hydrogen) atoms. The van der Waals surface area contributed by atoms with Crippen molar-refractivity contribution in [3.63, 3.8) is 0 Å². The third-order valence-electron chi connectivity index (χ3n) is 2.89. The van der Waals surface area contributed by atoms with E-state index in [2.05, 4.69) is 43.4 Å². The number of H-pyrrole nitrogens is 1. The summed E-state index contributed by atoms with van der Waals surface area (Å²) in [5, 5.41) is 9.93. The molecule has 104 valence electrons. The maximum atomic E-state index is 11.7. The molecule has 4 atom stereocenters. The number of aromatic amines is 1. The van der Waals surface area contributed by atoms with Crippen LogP contribution < -0.4 is 11.2 Å². The van der Waals surface area contributed by atoms with Gasteiger partial charge in [0, 0.05) is 28.0 Å². The topological polar surface area (TPSA) is 84.3 Å². The molecule has 1 aromatic heterocycles.